The molecule has 0 fully saturated rings. The van der Waals surface area contributed by atoms with Gasteiger partial charge in [0.25, 0.3) is 0 Å². The van der Waals surface area contributed by atoms with E-state index in [9.17, 15) is 35.1 Å². The lowest BCUT2D eigenvalue weighted by atomic mass is 9.93. The highest BCUT2D eigenvalue weighted by molar-refractivity contribution is 6.02. The van der Waals surface area contributed by atoms with Crippen LogP contribution < -0.4 is 15.4 Å². The summed E-state index contributed by atoms with van der Waals surface area (Å²) in [7, 11) is 1.44. The number of fused-ring (bicyclic) bond motifs is 2. The van der Waals surface area contributed by atoms with Gasteiger partial charge in [-0.15, -0.1) is 0 Å². The van der Waals surface area contributed by atoms with Crippen molar-refractivity contribution in [3.8, 4) is 28.2 Å². The van der Waals surface area contributed by atoms with E-state index in [0.717, 1.165) is 24.3 Å². The van der Waals surface area contributed by atoms with E-state index in [2.05, 4.69) is 4.99 Å². The third-order valence-electron chi connectivity index (χ3n) is 5.16. The van der Waals surface area contributed by atoms with E-state index in [0.29, 0.717) is 11.3 Å². The minimum atomic E-state index is -4.67. The molecule has 0 saturated carbocycles. The van der Waals surface area contributed by atoms with Crippen LogP contribution in [-0.4, -0.2) is 32.6 Å². The van der Waals surface area contributed by atoms with Crippen molar-refractivity contribution in [3.63, 3.8) is 0 Å². The highest BCUT2D eigenvalue weighted by Crippen LogP contribution is 2.42. The van der Waals surface area contributed by atoms with Gasteiger partial charge in [0.2, 0.25) is 0 Å². The second-order valence-electron chi connectivity index (χ2n) is 7.73. The zero-order valence-corrected chi connectivity index (χ0v) is 18.3. The molecule has 2 aliphatic rings. The Labute approximate surface area is 198 Å². The number of rotatable bonds is 5. The van der Waals surface area contributed by atoms with Crippen LogP contribution >= 0.6 is 0 Å². The lowest BCUT2D eigenvalue weighted by molar-refractivity contribution is -0.118. The van der Waals surface area contributed by atoms with E-state index >= 15 is 0 Å². The Hall–Kier alpha value is -3.83. The number of halogens is 8. The molecule has 2 aromatic carbocycles. The summed E-state index contributed by atoms with van der Waals surface area (Å²) < 4.78 is 116. The van der Waals surface area contributed by atoms with Crippen molar-refractivity contribution in [3.05, 3.63) is 65.5 Å². The van der Waals surface area contributed by atoms with E-state index in [1.165, 1.54) is 7.11 Å². The van der Waals surface area contributed by atoms with Gasteiger partial charge in [0.1, 0.15) is 41.8 Å². The SMILES string of the molecule is COc1ccc(-c2c3cc(F)/c(=N\CC(F)(F)F)cc-3oc3cc(NCC(F)(F)F)c(F)cc23)cc1. The van der Waals surface area contributed by atoms with Gasteiger partial charge in [-0.1, -0.05) is 12.1 Å². The normalized spacial score (nSPS) is 13.0. The number of hydrogen-bond donors (Lipinski definition) is 1. The summed E-state index contributed by atoms with van der Waals surface area (Å²) in [4.78, 5) is 3.25. The van der Waals surface area contributed by atoms with Crippen LogP contribution in [-0.2, 0) is 0 Å². The summed E-state index contributed by atoms with van der Waals surface area (Å²) in [6.07, 6.45) is -9.30. The predicted octanol–water partition coefficient (Wildman–Crippen LogP) is 6.93. The first kappa shape index (κ1) is 25.3. The first-order chi connectivity index (χ1) is 16.8. The molecule has 0 amide bonds. The molecule has 4 rings (SSSR count). The van der Waals surface area contributed by atoms with Gasteiger partial charge in [-0.05, 0) is 29.8 Å². The molecule has 1 aliphatic carbocycles. The van der Waals surface area contributed by atoms with Crippen LogP contribution in [0, 0.1) is 11.6 Å². The van der Waals surface area contributed by atoms with E-state index < -0.39 is 48.1 Å². The van der Waals surface area contributed by atoms with Crippen molar-refractivity contribution >= 4 is 16.7 Å². The number of methoxy groups -OCH3 is 1. The molecule has 0 saturated heterocycles. The fourth-order valence-electron chi connectivity index (χ4n) is 3.61. The standard InChI is InChI=1S/C24H16F8N2O2/c1-35-13-4-2-12(3-5-13)22-14-6-16(25)18(33-10-23(27,28)29)8-20(14)36-21-9-19(17(26)7-15(21)22)34-11-24(30,31)32/h2-9,33H,10-11H2,1H3/b34-19-. The Morgan fingerprint density at radius 3 is 2.19 bits per heavy atom. The Balaban J connectivity index is 1.99. The highest BCUT2D eigenvalue weighted by atomic mass is 19.4. The molecule has 0 radical (unpaired) electrons. The average Bonchev–Trinajstić information content (AvgIpc) is 2.79. The molecule has 0 bridgehead atoms. The predicted molar refractivity (Wildman–Crippen MR) is 116 cm³/mol. The first-order valence-corrected chi connectivity index (χ1v) is 10.3. The zero-order chi connectivity index (χ0) is 26.3. The first-order valence-electron chi connectivity index (χ1n) is 10.3. The monoisotopic (exact) mass is 516 g/mol. The molecule has 0 atom stereocenters. The van der Waals surface area contributed by atoms with Crippen LogP contribution in [0.3, 0.4) is 0 Å². The molecule has 0 aromatic heterocycles. The molecule has 36 heavy (non-hydrogen) atoms. The maximum Gasteiger partial charge on any atom is 0.407 e. The third-order valence-corrected chi connectivity index (χ3v) is 5.16. The minimum Gasteiger partial charge on any atom is -0.497 e. The number of anilines is 1. The lowest BCUT2D eigenvalue weighted by Gasteiger charge is -2.18. The smallest absolute Gasteiger partial charge is 0.407 e. The number of benzene rings is 3. The number of nitrogens with one attached hydrogen (secondary N) is 1. The average molecular weight is 516 g/mol. The van der Waals surface area contributed by atoms with E-state index in [1.807, 2.05) is 5.32 Å². The number of nitrogens with zero attached hydrogens (tertiary/aromatic N) is 1. The summed E-state index contributed by atoms with van der Waals surface area (Å²) in [5, 5.41) is 1.42. The Morgan fingerprint density at radius 1 is 0.889 bits per heavy atom. The Morgan fingerprint density at radius 2 is 1.58 bits per heavy atom. The second kappa shape index (κ2) is 9.32. The highest BCUT2D eigenvalue weighted by Gasteiger charge is 2.28. The van der Waals surface area contributed by atoms with Gasteiger partial charge in [0.05, 0.1) is 18.2 Å². The minimum absolute atomic E-state index is 0.0894. The van der Waals surface area contributed by atoms with Gasteiger partial charge in [-0.25, -0.2) is 8.78 Å². The molecule has 190 valence electrons. The number of alkyl halides is 6. The fraction of sp³-hybridized carbons (Fsp3) is 0.208. The number of ether oxygens (including phenoxy) is 1. The molecule has 1 aliphatic heterocycles. The van der Waals surface area contributed by atoms with E-state index in [4.69, 9.17) is 9.15 Å². The van der Waals surface area contributed by atoms with Crippen molar-refractivity contribution in [2.24, 2.45) is 4.99 Å². The second-order valence-corrected chi connectivity index (χ2v) is 7.73. The molecule has 1 heterocycles. The van der Waals surface area contributed by atoms with Crippen molar-refractivity contribution < 1.29 is 44.3 Å². The maximum absolute atomic E-state index is 14.8. The van der Waals surface area contributed by atoms with Crippen LogP contribution in [0.4, 0.5) is 40.8 Å². The van der Waals surface area contributed by atoms with Crippen molar-refractivity contribution in [2.75, 3.05) is 25.5 Å². The van der Waals surface area contributed by atoms with Crippen molar-refractivity contribution in [1.82, 2.24) is 0 Å². The zero-order valence-electron chi connectivity index (χ0n) is 18.3. The van der Waals surface area contributed by atoms with Crippen LogP contribution in [0.5, 0.6) is 5.75 Å². The summed E-state index contributed by atoms with van der Waals surface area (Å²) >= 11 is 0. The summed E-state index contributed by atoms with van der Waals surface area (Å²) in [5.74, 6) is -1.71. The fourth-order valence-corrected chi connectivity index (χ4v) is 3.61. The molecule has 2 aromatic rings. The van der Waals surface area contributed by atoms with Crippen LogP contribution in [0.1, 0.15) is 0 Å². The molecular formula is C24H16F8N2O2. The molecule has 12 heteroatoms. The van der Waals surface area contributed by atoms with Gasteiger partial charge in [0.15, 0.2) is 0 Å². The van der Waals surface area contributed by atoms with Gasteiger partial charge in [0, 0.05) is 28.6 Å². The van der Waals surface area contributed by atoms with E-state index in [1.54, 1.807) is 24.3 Å². The van der Waals surface area contributed by atoms with Crippen molar-refractivity contribution in [1.29, 1.82) is 0 Å². The summed E-state index contributed by atoms with van der Waals surface area (Å²) in [5.41, 5.74) is 0.180. The largest absolute Gasteiger partial charge is 0.497 e. The lowest BCUT2D eigenvalue weighted by Crippen LogP contribution is -2.21. The Kier molecular flexibility index (Phi) is 6.54. The van der Waals surface area contributed by atoms with Crippen LogP contribution in [0.2, 0.25) is 0 Å². The molecule has 1 N–H and O–H groups in total. The summed E-state index contributed by atoms with van der Waals surface area (Å²) in [6.45, 7) is -3.15. The molecule has 0 spiro atoms. The van der Waals surface area contributed by atoms with Crippen LogP contribution in [0.15, 0.2) is 57.9 Å². The van der Waals surface area contributed by atoms with Crippen LogP contribution in [0.25, 0.3) is 33.4 Å². The Bertz CT molecular complexity index is 1440. The molecule has 4 nitrogen and oxygen atoms in total. The number of hydrogen-bond acceptors (Lipinski definition) is 4. The van der Waals surface area contributed by atoms with E-state index in [-0.39, 0.29) is 27.9 Å². The third kappa shape index (κ3) is 5.52. The summed E-state index contributed by atoms with van der Waals surface area (Å²) in [6, 6.07) is 10.1. The van der Waals surface area contributed by atoms with Crippen molar-refractivity contribution in [2.45, 2.75) is 12.4 Å². The van der Waals surface area contributed by atoms with Gasteiger partial charge in [-0.3, -0.25) is 4.99 Å². The van der Waals surface area contributed by atoms with Gasteiger partial charge < -0.3 is 14.5 Å². The van der Waals surface area contributed by atoms with Gasteiger partial charge >= 0.3 is 12.4 Å². The molecular weight excluding hydrogens is 500 g/mol. The maximum atomic E-state index is 14.8. The quantitative estimate of drug-likeness (QED) is 0.231. The van der Waals surface area contributed by atoms with Gasteiger partial charge in [-0.2, -0.15) is 26.3 Å². The topological polar surface area (TPSA) is 46.8 Å². The molecule has 0 unspecified atom stereocenters.